The Bertz CT molecular complexity index is 625. The number of carbonyl (C=O) groups is 1. The summed E-state index contributed by atoms with van der Waals surface area (Å²) in [5.41, 5.74) is 0.358. The minimum Gasteiger partial charge on any atom is -0.323 e. The van der Waals surface area contributed by atoms with Crippen molar-refractivity contribution in [1.82, 2.24) is 10.2 Å². The van der Waals surface area contributed by atoms with Gasteiger partial charge in [0.15, 0.2) is 4.34 Å². The van der Waals surface area contributed by atoms with Crippen molar-refractivity contribution in [2.75, 3.05) is 11.1 Å². The van der Waals surface area contributed by atoms with Gasteiger partial charge in [-0.15, -0.1) is 10.2 Å². The third-order valence-corrected chi connectivity index (χ3v) is 4.89. The number of aryl methyl sites for hydroxylation is 1. The van der Waals surface area contributed by atoms with Crippen LogP contribution < -0.4 is 5.32 Å². The van der Waals surface area contributed by atoms with Crippen molar-refractivity contribution in [3.63, 3.8) is 0 Å². The van der Waals surface area contributed by atoms with Crippen LogP contribution in [0.25, 0.3) is 0 Å². The molecule has 0 unspecified atom stereocenters. The quantitative estimate of drug-likeness (QED) is 0.805. The molecule has 2 aromatic rings. The summed E-state index contributed by atoms with van der Waals surface area (Å²) in [4.78, 5) is 11.9. The summed E-state index contributed by atoms with van der Waals surface area (Å²) in [6.07, 6.45) is 0. The van der Waals surface area contributed by atoms with Crippen LogP contribution >= 0.6 is 57.9 Å². The van der Waals surface area contributed by atoms with Crippen LogP contribution in [0.4, 0.5) is 5.69 Å². The Morgan fingerprint density at radius 3 is 2.50 bits per heavy atom. The second-order valence-corrected chi connectivity index (χ2v) is 7.32. The van der Waals surface area contributed by atoms with E-state index in [4.69, 9.17) is 34.8 Å². The molecule has 4 nitrogen and oxygen atoms in total. The first-order chi connectivity index (χ1) is 9.45. The van der Waals surface area contributed by atoms with E-state index < -0.39 is 0 Å². The van der Waals surface area contributed by atoms with Gasteiger partial charge in [0.25, 0.3) is 0 Å². The molecule has 1 aromatic heterocycles. The second kappa shape index (κ2) is 6.95. The zero-order chi connectivity index (χ0) is 14.7. The predicted octanol–water partition coefficient (Wildman–Crippen LogP) is 4.54. The number of nitrogens with zero attached hydrogens (tertiary/aromatic N) is 2. The molecule has 0 spiro atoms. The number of anilines is 1. The summed E-state index contributed by atoms with van der Waals surface area (Å²) in [6, 6.07) is 3.04. The molecule has 1 heterocycles. The summed E-state index contributed by atoms with van der Waals surface area (Å²) in [6.45, 7) is 1.86. The third kappa shape index (κ3) is 4.23. The van der Waals surface area contributed by atoms with Gasteiger partial charge in [-0.25, -0.2) is 0 Å². The van der Waals surface area contributed by atoms with E-state index in [0.717, 1.165) is 9.35 Å². The molecular formula is C11H8Cl3N3OS2. The highest BCUT2D eigenvalue weighted by Gasteiger charge is 2.12. The van der Waals surface area contributed by atoms with Gasteiger partial charge in [0.1, 0.15) is 5.01 Å². The first-order valence-corrected chi connectivity index (χ1v) is 8.26. The van der Waals surface area contributed by atoms with Crippen LogP contribution in [-0.2, 0) is 4.79 Å². The maximum Gasteiger partial charge on any atom is 0.234 e. The zero-order valence-corrected chi connectivity index (χ0v) is 14.0. The lowest BCUT2D eigenvalue weighted by atomic mass is 10.3. The van der Waals surface area contributed by atoms with Gasteiger partial charge in [0.05, 0.1) is 21.5 Å². The molecule has 0 aliphatic carbocycles. The molecule has 106 valence electrons. The van der Waals surface area contributed by atoms with Crippen LogP contribution in [0.5, 0.6) is 0 Å². The van der Waals surface area contributed by atoms with Gasteiger partial charge in [0, 0.05) is 5.02 Å². The Hall–Kier alpha value is -0.530. The van der Waals surface area contributed by atoms with Crippen LogP contribution in [0, 0.1) is 6.92 Å². The molecule has 1 aromatic carbocycles. The van der Waals surface area contributed by atoms with E-state index >= 15 is 0 Å². The van der Waals surface area contributed by atoms with E-state index in [-0.39, 0.29) is 11.7 Å². The van der Waals surface area contributed by atoms with Gasteiger partial charge in [-0.05, 0) is 19.1 Å². The van der Waals surface area contributed by atoms with E-state index in [1.807, 2.05) is 6.92 Å². The fourth-order valence-corrected chi connectivity index (χ4v) is 3.83. The summed E-state index contributed by atoms with van der Waals surface area (Å²) >= 11 is 20.5. The maximum atomic E-state index is 11.9. The van der Waals surface area contributed by atoms with Crippen LogP contribution in [0.3, 0.4) is 0 Å². The molecule has 0 bridgehead atoms. The summed E-state index contributed by atoms with van der Waals surface area (Å²) < 4.78 is 0.742. The van der Waals surface area contributed by atoms with E-state index in [9.17, 15) is 4.79 Å². The Labute approximate surface area is 138 Å². The van der Waals surface area contributed by atoms with E-state index in [2.05, 4.69) is 15.5 Å². The topological polar surface area (TPSA) is 54.9 Å². The number of rotatable bonds is 4. The highest BCUT2D eigenvalue weighted by molar-refractivity contribution is 8.01. The van der Waals surface area contributed by atoms with Gasteiger partial charge in [-0.2, -0.15) is 0 Å². The van der Waals surface area contributed by atoms with Crippen LogP contribution in [-0.4, -0.2) is 21.9 Å². The van der Waals surface area contributed by atoms with Crippen molar-refractivity contribution in [3.05, 3.63) is 32.2 Å². The van der Waals surface area contributed by atoms with Crippen LogP contribution in [0.2, 0.25) is 15.1 Å². The molecule has 0 saturated heterocycles. The molecule has 1 amide bonds. The molecule has 0 fully saturated rings. The highest BCUT2D eigenvalue weighted by Crippen LogP contribution is 2.33. The van der Waals surface area contributed by atoms with E-state index in [0.29, 0.717) is 20.8 Å². The molecule has 20 heavy (non-hydrogen) atoms. The monoisotopic (exact) mass is 367 g/mol. The molecule has 0 saturated carbocycles. The Morgan fingerprint density at radius 1 is 1.30 bits per heavy atom. The molecular weight excluding hydrogens is 361 g/mol. The minimum absolute atomic E-state index is 0.198. The third-order valence-electron chi connectivity index (χ3n) is 2.11. The van der Waals surface area contributed by atoms with Crippen molar-refractivity contribution in [1.29, 1.82) is 0 Å². The van der Waals surface area contributed by atoms with Crippen molar-refractivity contribution in [2.45, 2.75) is 11.3 Å². The summed E-state index contributed by atoms with van der Waals surface area (Å²) in [7, 11) is 0. The van der Waals surface area contributed by atoms with Crippen molar-refractivity contribution >= 4 is 69.5 Å². The van der Waals surface area contributed by atoms with E-state index in [1.54, 1.807) is 0 Å². The zero-order valence-electron chi connectivity index (χ0n) is 10.1. The maximum absolute atomic E-state index is 11.9. The number of nitrogens with one attached hydrogen (secondary N) is 1. The lowest BCUT2D eigenvalue weighted by Gasteiger charge is -2.09. The molecule has 0 radical (unpaired) electrons. The first-order valence-electron chi connectivity index (χ1n) is 5.33. The fraction of sp³-hybridized carbons (Fsp3) is 0.182. The Kier molecular flexibility index (Phi) is 5.51. The number of amides is 1. The molecule has 1 N–H and O–H groups in total. The average molecular weight is 369 g/mol. The van der Waals surface area contributed by atoms with Gasteiger partial charge >= 0.3 is 0 Å². The van der Waals surface area contributed by atoms with Crippen molar-refractivity contribution in [3.8, 4) is 0 Å². The first kappa shape index (κ1) is 15.9. The second-order valence-electron chi connectivity index (χ2n) is 3.67. The predicted molar refractivity (Wildman–Crippen MR) is 85.5 cm³/mol. The highest BCUT2D eigenvalue weighted by atomic mass is 35.5. The average Bonchev–Trinajstić information content (AvgIpc) is 2.77. The van der Waals surface area contributed by atoms with Crippen LogP contribution in [0.15, 0.2) is 16.5 Å². The summed E-state index contributed by atoms with van der Waals surface area (Å²) in [5, 5.41) is 12.3. The Balaban J connectivity index is 1.98. The number of thioether (sulfide) groups is 1. The van der Waals surface area contributed by atoms with Gasteiger partial charge in [-0.3, -0.25) is 4.79 Å². The largest absolute Gasteiger partial charge is 0.323 e. The minimum atomic E-state index is -0.228. The Morgan fingerprint density at radius 2 is 1.95 bits per heavy atom. The number of hydrogen-bond donors (Lipinski definition) is 1. The lowest BCUT2D eigenvalue weighted by molar-refractivity contribution is -0.113. The molecule has 0 aliphatic rings. The molecule has 0 atom stereocenters. The normalized spacial score (nSPS) is 10.6. The van der Waals surface area contributed by atoms with Gasteiger partial charge in [0.2, 0.25) is 5.91 Å². The number of halogens is 3. The SMILES string of the molecule is Cc1nnc(SCC(=O)Nc2c(Cl)cc(Cl)cc2Cl)s1. The number of carbonyl (C=O) groups excluding carboxylic acids is 1. The summed E-state index contributed by atoms with van der Waals surface area (Å²) in [5.74, 6) is -0.0295. The number of aromatic nitrogens is 2. The molecule has 0 aliphatic heterocycles. The standard InChI is InChI=1S/C11H8Cl3N3OS2/c1-5-16-17-11(20-5)19-4-9(18)15-10-7(13)2-6(12)3-8(10)14/h2-3H,4H2,1H3,(H,15,18). The lowest BCUT2D eigenvalue weighted by Crippen LogP contribution is -2.14. The van der Waals surface area contributed by atoms with Crippen LogP contribution in [0.1, 0.15) is 5.01 Å². The van der Waals surface area contributed by atoms with Gasteiger partial charge in [-0.1, -0.05) is 57.9 Å². The van der Waals surface area contributed by atoms with Crippen molar-refractivity contribution < 1.29 is 4.79 Å². The fourth-order valence-electron chi connectivity index (χ4n) is 1.30. The van der Waals surface area contributed by atoms with Gasteiger partial charge < -0.3 is 5.32 Å². The number of hydrogen-bond acceptors (Lipinski definition) is 5. The number of benzene rings is 1. The smallest absolute Gasteiger partial charge is 0.234 e. The van der Waals surface area contributed by atoms with E-state index in [1.165, 1.54) is 35.2 Å². The van der Waals surface area contributed by atoms with Crippen molar-refractivity contribution in [2.24, 2.45) is 0 Å². The molecule has 2 rings (SSSR count). The molecule has 9 heteroatoms.